The molecule has 0 saturated heterocycles. The predicted molar refractivity (Wildman–Crippen MR) is 88.1 cm³/mol. The van der Waals surface area contributed by atoms with Crippen LogP contribution in [0.2, 0.25) is 0 Å². The van der Waals surface area contributed by atoms with E-state index < -0.39 is 11.9 Å². The number of carbonyl (C=O) groups excluding carboxylic acids is 1. The Bertz CT molecular complexity index is 669. The Hall–Kier alpha value is -1.41. The van der Waals surface area contributed by atoms with Crippen LogP contribution in [0.4, 0.5) is 5.82 Å². The van der Waals surface area contributed by atoms with Gasteiger partial charge in [-0.25, -0.2) is 9.97 Å². The van der Waals surface area contributed by atoms with Gasteiger partial charge in [0.05, 0.1) is 18.0 Å². The van der Waals surface area contributed by atoms with Gasteiger partial charge < -0.3 is 25.7 Å². The van der Waals surface area contributed by atoms with Crippen molar-refractivity contribution >= 4 is 11.8 Å². The molecule has 0 radical (unpaired) electrons. The summed E-state index contributed by atoms with van der Waals surface area (Å²) in [5.41, 5.74) is 6.91. The van der Waals surface area contributed by atoms with E-state index in [0.717, 1.165) is 18.4 Å². The minimum absolute atomic E-state index is 0. The van der Waals surface area contributed by atoms with E-state index in [0.29, 0.717) is 24.0 Å². The molecule has 130 valence electrons. The summed E-state index contributed by atoms with van der Waals surface area (Å²) < 4.78 is 2.06. The Balaban J connectivity index is 0.00000156. The fourth-order valence-electron chi connectivity index (χ4n) is 3.21. The van der Waals surface area contributed by atoms with Crippen molar-refractivity contribution in [1.82, 2.24) is 14.5 Å². The zero-order valence-electron chi connectivity index (χ0n) is 14.5. The fourth-order valence-corrected chi connectivity index (χ4v) is 3.21. The van der Waals surface area contributed by atoms with Gasteiger partial charge in [0.25, 0.3) is 0 Å². The second-order valence-corrected chi connectivity index (χ2v) is 6.20. The largest absolute Gasteiger partial charge is 1.00 e. The average molecular weight is 354 g/mol. The van der Waals surface area contributed by atoms with Gasteiger partial charge in [-0.15, -0.1) is 0 Å². The van der Waals surface area contributed by atoms with Crippen molar-refractivity contribution in [3.05, 3.63) is 42.1 Å². The molecule has 1 fully saturated rings. The van der Waals surface area contributed by atoms with Gasteiger partial charge in [0.1, 0.15) is 5.82 Å². The summed E-state index contributed by atoms with van der Waals surface area (Å²) in [6.07, 6.45) is 11.5. The molecule has 0 bridgehead atoms. The zero-order chi connectivity index (χ0) is 16.2. The van der Waals surface area contributed by atoms with E-state index in [2.05, 4.69) is 14.5 Å². The molecule has 4 N–H and O–H groups in total. The Kier molecular flexibility index (Phi) is 8.58. The molecular formula is C17H23N4NaO3. The first-order valence-corrected chi connectivity index (χ1v) is 8.08. The van der Waals surface area contributed by atoms with Crippen LogP contribution in [0, 0.1) is 0 Å². The molecule has 0 spiro atoms. The Morgan fingerprint density at radius 3 is 2.60 bits per heavy atom. The third-order valence-corrected chi connectivity index (χ3v) is 4.55. The van der Waals surface area contributed by atoms with Gasteiger partial charge in [0.15, 0.2) is 0 Å². The zero-order valence-corrected chi connectivity index (χ0v) is 16.5. The standard InChI is InChI=1S/C17H22N4O2.Na.H2O/c18-16-7-6-12(9-19-16)8-14(17(22)23)15-10-21(11-20-15)13-4-2-1-3-5-13;;/h6-7,9-11,13-14H,1-5,8H2,(H2,18,19)(H,22,23);;1H2/q;+1;/p-1/t14-;;/m1../s1. The third-order valence-electron chi connectivity index (χ3n) is 4.55. The van der Waals surface area contributed by atoms with Gasteiger partial charge in [-0.05, 0) is 30.9 Å². The van der Waals surface area contributed by atoms with E-state index in [1.165, 1.54) is 19.3 Å². The van der Waals surface area contributed by atoms with Crippen LogP contribution in [0.15, 0.2) is 30.9 Å². The number of anilines is 1. The smallest absolute Gasteiger partial charge is 0.549 e. The molecule has 0 aliphatic heterocycles. The minimum Gasteiger partial charge on any atom is -0.549 e. The monoisotopic (exact) mass is 354 g/mol. The van der Waals surface area contributed by atoms with Crippen molar-refractivity contribution in [2.75, 3.05) is 5.73 Å². The van der Waals surface area contributed by atoms with Crippen LogP contribution in [0.25, 0.3) is 0 Å². The van der Waals surface area contributed by atoms with Crippen molar-refractivity contribution in [2.45, 2.75) is 50.5 Å². The number of carboxylic acids is 1. The van der Waals surface area contributed by atoms with Gasteiger partial charge in [-0.2, -0.15) is 0 Å². The number of carbonyl (C=O) groups is 1. The molecule has 0 amide bonds. The van der Waals surface area contributed by atoms with Crippen LogP contribution < -0.4 is 40.4 Å². The van der Waals surface area contributed by atoms with Crippen LogP contribution >= 0.6 is 0 Å². The number of hydrogen-bond acceptors (Lipinski definition) is 5. The van der Waals surface area contributed by atoms with E-state index in [9.17, 15) is 9.90 Å². The third kappa shape index (κ3) is 5.54. The van der Waals surface area contributed by atoms with E-state index >= 15 is 0 Å². The summed E-state index contributed by atoms with van der Waals surface area (Å²) in [6.45, 7) is 0. The molecule has 1 aliphatic rings. The molecule has 7 nitrogen and oxygen atoms in total. The van der Waals surface area contributed by atoms with Crippen LogP contribution in [-0.2, 0) is 11.2 Å². The molecule has 2 heterocycles. The maximum Gasteiger partial charge on any atom is 1.00 e. The number of aromatic nitrogens is 3. The van der Waals surface area contributed by atoms with Gasteiger partial charge in [0.2, 0.25) is 0 Å². The second kappa shape index (κ2) is 9.91. The van der Waals surface area contributed by atoms with E-state index in [1.807, 2.05) is 6.20 Å². The van der Waals surface area contributed by atoms with Gasteiger partial charge in [-0.3, -0.25) is 0 Å². The second-order valence-electron chi connectivity index (χ2n) is 6.20. The number of rotatable bonds is 5. The first-order valence-electron chi connectivity index (χ1n) is 8.08. The maximum atomic E-state index is 11.6. The van der Waals surface area contributed by atoms with Crippen molar-refractivity contribution in [3.63, 3.8) is 0 Å². The van der Waals surface area contributed by atoms with Gasteiger partial charge >= 0.3 is 29.6 Å². The van der Waals surface area contributed by atoms with E-state index in [-0.39, 0.29) is 35.0 Å². The molecule has 1 atom stereocenters. The fraction of sp³-hybridized carbons (Fsp3) is 0.471. The van der Waals surface area contributed by atoms with Crippen LogP contribution in [0.1, 0.15) is 55.3 Å². The molecule has 1 aliphatic carbocycles. The van der Waals surface area contributed by atoms with Crippen molar-refractivity contribution in [2.24, 2.45) is 0 Å². The minimum atomic E-state index is -1.12. The first-order chi connectivity index (χ1) is 11.1. The summed E-state index contributed by atoms with van der Waals surface area (Å²) >= 11 is 0. The van der Waals surface area contributed by atoms with E-state index in [1.54, 1.807) is 24.7 Å². The quantitative estimate of drug-likeness (QED) is 0.600. The van der Waals surface area contributed by atoms with Crippen LogP contribution in [0.3, 0.4) is 0 Å². The SMILES string of the molecule is Nc1ccc(C[C@@H](C(=O)[O-])c2cn(C3CCCCC3)cn2)cn1.O.[Na+]. The summed E-state index contributed by atoms with van der Waals surface area (Å²) in [7, 11) is 0. The average Bonchev–Trinajstić information content (AvgIpc) is 3.04. The Morgan fingerprint density at radius 2 is 2.00 bits per heavy atom. The van der Waals surface area contributed by atoms with Crippen LogP contribution in [-0.4, -0.2) is 26.0 Å². The normalized spacial score (nSPS) is 15.7. The summed E-state index contributed by atoms with van der Waals surface area (Å²) in [4.78, 5) is 19.9. The summed E-state index contributed by atoms with van der Waals surface area (Å²) in [6, 6.07) is 3.89. The van der Waals surface area contributed by atoms with Crippen molar-refractivity contribution < 1.29 is 44.9 Å². The number of imidazole rings is 1. The molecular weight excluding hydrogens is 331 g/mol. The molecule has 1 saturated carbocycles. The van der Waals surface area contributed by atoms with Crippen molar-refractivity contribution in [3.8, 4) is 0 Å². The number of carboxylic acid groups (broad SMARTS) is 1. The van der Waals surface area contributed by atoms with E-state index in [4.69, 9.17) is 5.73 Å². The number of hydrogen-bond donors (Lipinski definition) is 1. The molecule has 8 heteroatoms. The molecule has 2 aromatic rings. The number of pyridine rings is 1. The molecule has 3 rings (SSSR count). The number of nitrogens with two attached hydrogens (primary N) is 1. The van der Waals surface area contributed by atoms with Crippen LogP contribution in [0.5, 0.6) is 0 Å². The molecule has 25 heavy (non-hydrogen) atoms. The van der Waals surface area contributed by atoms with Gasteiger partial charge in [0, 0.05) is 24.4 Å². The topological polar surface area (TPSA) is 128 Å². The Morgan fingerprint density at radius 1 is 1.28 bits per heavy atom. The molecule has 0 unspecified atom stereocenters. The molecule has 0 aromatic carbocycles. The first kappa shape index (κ1) is 21.6. The number of nitrogens with zero attached hydrogens (tertiary/aromatic N) is 3. The summed E-state index contributed by atoms with van der Waals surface area (Å²) in [5, 5.41) is 11.6. The Labute approximate surface area is 169 Å². The maximum absolute atomic E-state index is 11.6. The van der Waals surface area contributed by atoms with Crippen molar-refractivity contribution in [1.29, 1.82) is 0 Å². The summed E-state index contributed by atoms with van der Waals surface area (Å²) in [5.74, 6) is -1.47. The predicted octanol–water partition coefficient (Wildman–Crippen LogP) is -2.38. The molecule has 2 aromatic heterocycles. The number of nitrogen functional groups attached to an aromatic ring is 1. The number of aliphatic carboxylic acids is 1. The van der Waals surface area contributed by atoms with Gasteiger partial charge in [-0.1, -0.05) is 25.3 Å².